The zero-order valence-electron chi connectivity index (χ0n) is 11.3. The Balaban J connectivity index is 0. The molecule has 10 nitrogen and oxygen atoms in total. The van der Waals surface area contributed by atoms with Gasteiger partial charge >= 0.3 is 7.82 Å². The van der Waals surface area contributed by atoms with E-state index in [1.165, 1.54) is 19.1 Å². The number of hydrogen-bond donors (Lipinski definition) is 3. The molecular formula is C9H21O10P. The fourth-order valence-electron chi connectivity index (χ4n) is 0.758. The molecule has 11 heteroatoms. The van der Waals surface area contributed by atoms with Crippen LogP contribution >= 0.6 is 7.82 Å². The van der Waals surface area contributed by atoms with Crippen LogP contribution in [0.3, 0.4) is 0 Å². The molecule has 0 rings (SSSR count). The zero-order chi connectivity index (χ0) is 15.7. The monoisotopic (exact) mass is 320 g/mol. The van der Waals surface area contributed by atoms with Crippen molar-refractivity contribution in [1.29, 1.82) is 0 Å². The van der Waals surface area contributed by atoms with Gasteiger partial charge in [-0.25, -0.2) is 9.45 Å². The Morgan fingerprint density at radius 3 is 2.15 bits per heavy atom. The summed E-state index contributed by atoms with van der Waals surface area (Å²) in [7, 11) is -4.64. The van der Waals surface area contributed by atoms with Gasteiger partial charge in [0.05, 0.1) is 6.61 Å². The summed E-state index contributed by atoms with van der Waals surface area (Å²) < 4.78 is 8.88. The molecule has 0 unspecified atom stereocenters. The molecule has 0 atom stereocenters. The molecule has 0 aromatic heterocycles. The summed E-state index contributed by atoms with van der Waals surface area (Å²) in [6.45, 7) is 4.33. The molecule has 0 aliphatic heterocycles. The van der Waals surface area contributed by atoms with Gasteiger partial charge in [-0.05, 0) is 29.5 Å². The summed E-state index contributed by atoms with van der Waals surface area (Å²) in [6.07, 6.45) is 7.23. The van der Waals surface area contributed by atoms with Crippen molar-refractivity contribution in [2.75, 3.05) is 6.61 Å². The molecule has 20 heavy (non-hydrogen) atoms. The first kappa shape index (κ1) is 21.7. The molecule has 0 aliphatic rings. The zero-order valence-corrected chi connectivity index (χ0v) is 12.2. The van der Waals surface area contributed by atoms with E-state index in [0.29, 0.717) is 6.61 Å². The number of unbranched alkanes of at least 4 members (excludes halogenated alkanes) is 3. The molecular weight excluding hydrogens is 299 g/mol. The number of hydrogen-bond acceptors (Lipinski definition) is 7. The van der Waals surface area contributed by atoms with Gasteiger partial charge in [0, 0.05) is 10.1 Å². The Morgan fingerprint density at radius 2 is 1.60 bits per heavy atom. The fraction of sp³-hybridized carbons (Fsp3) is 0.778. The summed E-state index contributed by atoms with van der Waals surface area (Å²) in [5.74, 6) is 0. The van der Waals surface area contributed by atoms with Gasteiger partial charge in [-0.1, -0.05) is 26.2 Å². The van der Waals surface area contributed by atoms with E-state index in [2.05, 4.69) is 36.9 Å². The molecule has 122 valence electrons. The Labute approximate surface area is 116 Å². The van der Waals surface area contributed by atoms with Crippen LogP contribution in [0, 0.1) is 0 Å². The summed E-state index contributed by atoms with van der Waals surface area (Å²) in [5.41, 5.74) is 0. The topological polar surface area (TPSA) is 133 Å². The van der Waals surface area contributed by atoms with Crippen LogP contribution in [0.5, 0.6) is 0 Å². The third kappa shape index (κ3) is 36.0. The van der Waals surface area contributed by atoms with Gasteiger partial charge in [-0.15, -0.1) is 0 Å². The predicted molar refractivity (Wildman–Crippen MR) is 64.6 cm³/mol. The second-order valence-electron chi connectivity index (χ2n) is 3.23. The molecule has 0 saturated heterocycles. The lowest BCUT2D eigenvalue weighted by molar-refractivity contribution is -0.751. The van der Waals surface area contributed by atoms with Crippen molar-refractivity contribution < 1.29 is 49.2 Å². The highest BCUT2D eigenvalue weighted by Gasteiger charge is 2.00. The Kier molecular flexibility index (Phi) is 17.9. The minimum Gasteiger partial charge on any atom is -0.314 e. The smallest absolute Gasteiger partial charge is 0.314 e. The normalized spacial score (nSPS) is 11.2. The predicted octanol–water partition coefficient (Wildman–Crippen LogP) is 1.85. The standard InChI is InChI=1S/C9H18O6.H3O4P/c1-3-5-6-7-9-11-13-15-14-12-10-8-4-2;1-5(2,3)4/h4,8H,3,5-7,9H2,1-2H3;(H3,1,2,3,4). The Hall–Kier alpha value is -0.550. The summed E-state index contributed by atoms with van der Waals surface area (Å²) >= 11 is 0. The van der Waals surface area contributed by atoms with Crippen molar-refractivity contribution in [2.24, 2.45) is 0 Å². The Morgan fingerprint density at radius 1 is 1.00 bits per heavy atom. The van der Waals surface area contributed by atoms with Crippen LogP contribution in [-0.4, -0.2) is 21.3 Å². The minimum absolute atomic E-state index is 0.444. The maximum absolute atomic E-state index is 8.88. The molecule has 0 spiro atoms. The third-order valence-corrected chi connectivity index (χ3v) is 1.44. The summed E-state index contributed by atoms with van der Waals surface area (Å²) in [4.78, 5) is 30.4. The number of rotatable bonds is 11. The number of allylic oxidation sites excluding steroid dienone is 1. The second-order valence-corrected chi connectivity index (χ2v) is 4.26. The quantitative estimate of drug-likeness (QED) is 0.170. The maximum Gasteiger partial charge on any atom is 0.466 e. The lowest BCUT2D eigenvalue weighted by atomic mass is 10.2. The SMILES string of the molecule is CC=COOOOOOCCCCCC.O=P(O)(O)O. The highest BCUT2D eigenvalue weighted by atomic mass is 31.2. The van der Waals surface area contributed by atoms with E-state index in [4.69, 9.17) is 19.2 Å². The minimum atomic E-state index is -4.64. The first-order chi connectivity index (χ1) is 9.41. The first-order valence-corrected chi connectivity index (χ1v) is 7.32. The van der Waals surface area contributed by atoms with Crippen molar-refractivity contribution in [2.45, 2.75) is 39.5 Å². The molecule has 0 aromatic carbocycles. The van der Waals surface area contributed by atoms with E-state index in [0.717, 1.165) is 12.8 Å². The molecule has 0 saturated carbocycles. The molecule has 0 fully saturated rings. The molecule has 0 bridgehead atoms. The molecule has 0 radical (unpaired) electrons. The van der Waals surface area contributed by atoms with Crippen LogP contribution in [0.4, 0.5) is 0 Å². The van der Waals surface area contributed by atoms with Crippen LogP contribution < -0.4 is 0 Å². The van der Waals surface area contributed by atoms with E-state index < -0.39 is 7.82 Å². The van der Waals surface area contributed by atoms with Crippen molar-refractivity contribution in [3.63, 3.8) is 0 Å². The van der Waals surface area contributed by atoms with Gasteiger partial charge < -0.3 is 19.6 Å². The van der Waals surface area contributed by atoms with Crippen LogP contribution in [-0.2, 0) is 34.5 Å². The molecule has 0 aliphatic carbocycles. The van der Waals surface area contributed by atoms with Crippen molar-refractivity contribution in [3.8, 4) is 0 Å². The molecule has 0 amide bonds. The van der Waals surface area contributed by atoms with Crippen LogP contribution in [0.2, 0.25) is 0 Å². The lowest BCUT2D eigenvalue weighted by Gasteiger charge is -2.00. The average Bonchev–Trinajstić information content (AvgIpc) is 2.34. The van der Waals surface area contributed by atoms with Gasteiger partial charge in [0.15, 0.2) is 0 Å². The van der Waals surface area contributed by atoms with E-state index in [9.17, 15) is 0 Å². The van der Waals surface area contributed by atoms with Crippen LogP contribution in [0.15, 0.2) is 12.3 Å². The summed E-state index contributed by atoms with van der Waals surface area (Å²) in [5, 5.41) is 16.1. The second kappa shape index (κ2) is 16.5. The van der Waals surface area contributed by atoms with Gasteiger partial charge in [-0.3, -0.25) is 0 Å². The largest absolute Gasteiger partial charge is 0.466 e. The van der Waals surface area contributed by atoms with E-state index in [1.54, 1.807) is 13.0 Å². The van der Waals surface area contributed by atoms with E-state index in [1.807, 2.05) is 0 Å². The highest BCUT2D eigenvalue weighted by Crippen LogP contribution is 2.25. The van der Waals surface area contributed by atoms with Crippen molar-refractivity contribution in [1.82, 2.24) is 0 Å². The summed E-state index contributed by atoms with van der Waals surface area (Å²) in [6, 6.07) is 0. The molecule has 0 heterocycles. The average molecular weight is 320 g/mol. The van der Waals surface area contributed by atoms with E-state index >= 15 is 0 Å². The highest BCUT2D eigenvalue weighted by molar-refractivity contribution is 7.45. The Bertz CT molecular complexity index is 245. The maximum atomic E-state index is 8.88. The van der Waals surface area contributed by atoms with Crippen LogP contribution in [0.25, 0.3) is 0 Å². The fourth-order valence-corrected chi connectivity index (χ4v) is 0.758. The third-order valence-electron chi connectivity index (χ3n) is 1.44. The van der Waals surface area contributed by atoms with Gasteiger partial charge in [0.1, 0.15) is 6.26 Å². The van der Waals surface area contributed by atoms with Crippen molar-refractivity contribution >= 4 is 7.82 Å². The lowest BCUT2D eigenvalue weighted by Crippen LogP contribution is -2.00. The number of phosphoric acid groups is 1. The van der Waals surface area contributed by atoms with Crippen LogP contribution in [0.1, 0.15) is 39.5 Å². The van der Waals surface area contributed by atoms with Gasteiger partial charge in [0.2, 0.25) is 0 Å². The van der Waals surface area contributed by atoms with Gasteiger partial charge in [0.25, 0.3) is 0 Å². The van der Waals surface area contributed by atoms with E-state index in [-0.39, 0.29) is 0 Å². The molecule has 0 aromatic rings. The first-order valence-electron chi connectivity index (χ1n) is 5.76. The van der Waals surface area contributed by atoms with Gasteiger partial charge in [-0.2, -0.15) is 0 Å². The van der Waals surface area contributed by atoms with Crippen molar-refractivity contribution in [3.05, 3.63) is 12.3 Å². The molecule has 3 N–H and O–H groups in total.